The van der Waals surface area contributed by atoms with Gasteiger partial charge in [-0.25, -0.2) is 0 Å². The summed E-state index contributed by atoms with van der Waals surface area (Å²) in [6.45, 7) is 6.29. The van der Waals surface area contributed by atoms with E-state index in [-0.39, 0.29) is 5.91 Å². The summed E-state index contributed by atoms with van der Waals surface area (Å²) in [5.41, 5.74) is 2.54. The Hall–Kier alpha value is -1.35. The second-order valence-corrected chi connectivity index (χ2v) is 5.69. The van der Waals surface area contributed by atoms with E-state index >= 15 is 0 Å². The molecule has 2 atom stereocenters. The zero-order valence-corrected chi connectivity index (χ0v) is 11.9. The topological polar surface area (TPSA) is 41.1 Å². The Morgan fingerprint density at radius 1 is 1.37 bits per heavy atom. The summed E-state index contributed by atoms with van der Waals surface area (Å²) in [6.07, 6.45) is 2.49. The number of piperidine rings is 1. The molecule has 2 unspecified atom stereocenters. The highest BCUT2D eigenvalue weighted by atomic mass is 16.1. The molecule has 0 spiro atoms. The van der Waals surface area contributed by atoms with E-state index in [1.807, 2.05) is 12.1 Å². The summed E-state index contributed by atoms with van der Waals surface area (Å²) in [7, 11) is 0. The number of amides is 1. The maximum atomic E-state index is 12.0. The predicted molar refractivity (Wildman–Crippen MR) is 78.1 cm³/mol. The lowest BCUT2D eigenvalue weighted by molar-refractivity contribution is -0.121. The van der Waals surface area contributed by atoms with Gasteiger partial charge in [-0.1, -0.05) is 31.2 Å². The van der Waals surface area contributed by atoms with Crippen LogP contribution in [0.4, 0.5) is 0 Å². The standard InChI is InChI=1S/C16H24N2O/c1-12-9-15(11-17-10-12)18-16(19)8-7-14-6-4-3-5-13(14)2/h3-6,12,15,17H,7-11H2,1-2H3,(H,18,19). The molecule has 2 N–H and O–H groups in total. The smallest absolute Gasteiger partial charge is 0.220 e. The number of aryl methyl sites for hydroxylation is 2. The van der Waals surface area contributed by atoms with Crippen molar-refractivity contribution in [3.05, 3.63) is 35.4 Å². The van der Waals surface area contributed by atoms with E-state index in [1.165, 1.54) is 11.1 Å². The van der Waals surface area contributed by atoms with Crippen LogP contribution in [0.2, 0.25) is 0 Å². The van der Waals surface area contributed by atoms with Crippen LogP contribution in [0.5, 0.6) is 0 Å². The van der Waals surface area contributed by atoms with Gasteiger partial charge in [0, 0.05) is 19.0 Å². The molecule has 19 heavy (non-hydrogen) atoms. The van der Waals surface area contributed by atoms with Crippen molar-refractivity contribution in [2.45, 2.75) is 39.2 Å². The summed E-state index contributed by atoms with van der Waals surface area (Å²) in [5, 5.41) is 6.50. The average molecular weight is 260 g/mol. The van der Waals surface area contributed by atoms with Crippen molar-refractivity contribution in [1.29, 1.82) is 0 Å². The van der Waals surface area contributed by atoms with Crippen LogP contribution in [-0.2, 0) is 11.2 Å². The van der Waals surface area contributed by atoms with Crippen LogP contribution in [0.25, 0.3) is 0 Å². The molecular weight excluding hydrogens is 236 g/mol. The molecule has 0 bridgehead atoms. The van der Waals surface area contributed by atoms with E-state index in [9.17, 15) is 4.79 Å². The van der Waals surface area contributed by atoms with Crippen LogP contribution >= 0.6 is 0 Å². The molecule has 1 heterocycles. The zero-order chi connectivity index (χ0) is 13.7. The highest BCUT2D eigenvalue weighted by Crippen LogP contribution is 2.11. The van der Waals surface area contributed by atoms with Gasteiger partial charge in [0.15, 0.2) is 0 Å². The molecule has 2 rings (SSSR count). The van der Waals surface area contributed by atoms with Crippen molar-refractivity contribution in [3.8, 4) is 0 Å². The van der Waals surface area contributed by atoms with Gasteiger partial charge in [0.25, 0.3) is 0 Å². The van der Waals surface area contributed by atoms with Gasteiger partial charge < -0.3 is 10.6 Å². The summed E-state index contributed by atoms with van der Waals surface area (Å²) < 4.78 is 0. The van der Waals surface area contributed by atoms with E-state index in [2.05, 4.69) is 36.6 Å². The van der Waals surface area contributed by atoms with Crippen LogP contribution in [0.15, 0.2) is 24.3 Å². The fourth-order valence-corrected chi connectivity index (χ4v) is 2.70. The number of carbonyl (C=O) groups is 1. The molecular formula is C16H24N2O. The quantitative estimate of drug-likeness (QED) is 0.870. The van der Waals surface area contributed by atoms with Gasteiger partial charge in [0.1, 0.15) is 0 Å². The number of nitrogens with one attached hydrogen (secondary N) is 2. The van der Waals surface area contributed by atoms with Crippen molar-refractivity contribution in [2.24, 2.45) is 5.92 Å². The number of hydrogen-bond donors (Lipinski definition) is 2. The molecule has 0 radical (unpaired) electrons. The number of benzene rings is 1. The minimum atomic E-state index is 0.171. The van der Waals surface area contributed by atoms with Crippen molar-refractivity contribution in [3.63, 3.8) is 0 Å². The molecule has 0 aliphatic carbocycles. The number of carbonyl (C=O) groups excluding carboxylic acids is 1. The van der Waals surface area contributed by atoms with Crippen molar-refractivity contribution >= 4 is 5.91 Å². The SMILES string of the molecule is Cc1ccccc1CCC(=O)NC1CNCC(C)C1. The zero-order valence-electron chi connectivity index (χ0n) is 11.9. The Morgan fingerprint density at radius 2 is 2.16 bits per heavy atom. The molecule has 3 heteroatoms. The molecule has 0 saturated carbocycles. The lowest BCUT2D eigenvalue weighted by Gasteiger charge is -2.28. The van der Waals surface area contributed by atoms with E-state index in [4.69, 9.17) is 0 Å². The van der Waals surface area contributed by atoms with E-state index in [1.54, 1.807) is 0 Å². The minimum absolute atomic E-state index is 0.171. The van der Waals surface area contributed by atoms with Gasteiger partial charge in [-0.2, -0.15) is 0 Å². The summed E-state index contributed by atoms with van der Waals surface area (Å²) in [6, 6.07) is 8.57. The van der Waals surface area contributed by atoms with Gasteiger partial charge >= 0.3 is 0 Å². The second-order valence-electron chi connectivity index (χ2n) is 5.69. The van der Waals surface area contributed by atoms with Crippen LogP contribution < -0.4 is 10.6 Å². The molecule has 1 saturated heterocycles. The number of hydrogen-bond acceptors (Lipinski definition) is 2. The van der Waals surface area contributed by atoms with Gasteiger partial charge in [-0.05, 0) is 43.4 Å². The maximum absolute atomic E-state index is 12.0. The summed E-state index contributed by atoms with van der Waals surface area (Å²) >= 11 is 0. The van der Waals surface area contributed by atoms with Gasteiger partial charge in [-0.15, -0.1) is 0 Å². The van der Waals surface area contributed by atoms with E-state index in [0.717, 1.165) is 25.9 Å². The molecule has 1 aliphatic heterocycles. The van der Waals surface area contributed by atoms with Crippen molar-refractivity contribution < 1.29 is 4.79 Å². The van der Waals surface area contributed by atoms with Crippen LogP contribution in [0, 0.1) is 12.8 Å². The first-order chi connectivity index (χ1) is 9.15. The molecule has 1 aromatic rings. The Bertz CT molecular complexity index is 431. The predicted octanol–water partition coefficient (Wildman–Crippen LogP) is 2.04. The summed E-state index contributed by atoms with van der Waals surface area (Å²) in [5.74, 6) is 0.819. The molecule has 1 aliphatic rings. The Labute approximate surface area is 115 Å². The molecule has 1 aromatic carbocycles. The van der Waals surface area contributed by atoms with E-state index < -0.39 is 0 Å². The van der Waals surface area contributed by atoms with Gasteiger partial charge in [0.05, 0.1) is 0 Å². The fourth-order valence-electron chi connectivity index (χ4n) is 2.70. The maximum Gasteiger partial charge on any atom is 0.220 e. The molecule has 0 aromatic heterocycles. The Kier molecular flexibility index (Phi) is 4.97. The molecule has 104 valence electrons. The first-order valence-electron chi connectivity index (χ1n) is 7.19. The largest absolute Gasteiger partial charge is 0.352 e. The summed E-state index contributed by atoms with van der Waals surface area (Å²) in [4.78, 5) is 12.0. The molecule has 3 nitrogen and oxygen atoms in total. The first kappa shape index (κ1) is 14.1. The lowest BCUT2D eigenvalue weighted by atomic mass is 9.97. The Morgan fingerprint density at radius 3 is 2.89 bits per heavy atom. The minimum Gasteiger partial charge on any atom is -0.352 e. The van der Waals surface area contributed by atoms with Crippen molar-refractivity contribution in [2.75, 3.05) is 13.1 Å². The third kappa shape index (κ3) is 4.35. The van der Waals surface area contributed by atoms with Crippen molar-refractivity contribution in [1.82, 2.24) is 10.6 Å². The monoisotopic (exact) mass is 260 g/mol. The Balaban J connectivity index is 1.77. The first-order valence-corrected chi connectivity index (χ1v) is 7.19. The van der Waals surface area contributed by atoms with Gasteiger partial charge in [-0.3, -0.25) is 4.79 Å². The third-order valence-corrected chi connectivity index (χ3v) is 3.82. The highest BCUT2D eigenvalue weighted by molar-refractivity contribution is 5.76. The average Bonchev–Trinajstić information content (AvgIpc) is 2.38. The van der Waals surface area contributed by atoms with Crippen LogP contribution in [0.3, 0.4) is 0 Å². The van der Waals surface area contributed by atoms with E-state index in [0.29, 0.717) is 18.4 Å². The normalized spacial score (nSPS) is 23.1. The molecule has 1 fully saturated rings. The lowest BCUT2D eigenvalue weighted by Crippen LogP contribution is -2.48. The highest BCUT2D eigenvalue weighted by Gasteiger charge is 2.19. The van der Waals surface area contributed by atoms with Crippen LogP contribution in [-0.4, -0.2) is 25.0 Å². The van der Waals surface area contributed by atoms with Gasteiger partial charge in [0.2, 0.25) is 5.91 Å². The van der Waals surface area contributed by atoms with Crippen LogP contribution in [0.1, 0.15) is 30.9 Å². The third-order valence-electron chi connectivity index (χ3n) is 3.82. The number of rotatable bonds is 4. The molecule has 1 amide bonds. The second kappa shape index (κ2) is 6.71. The fraction of sp³-hybridized carbons (Fsp3) is 0.562.